The van der Waals surface area contributed by atoms with E-state index in [0.717, 1.165) is 41.5 Å². The Labute approximate surface area is 283 Å². The summed E-state index contributed by atoms with van der Waals surface area (Å²) in [4.78, 5) is 29.4. The summed E-state index contributed by atoms with van der Waals surface area (Å²) in [7, 11) is -3.69. The molecule has 0 bridgehead atoms. The molecule has 1 N–H and O–H groups in total. The molecular formula is C41H40N2O4S. The first kappa shape index (κ1) is 32.9. The maximum atomic E-state index is 14.6. The van der Waals surface area contributed by atoms with Crippen molar-refractivity contribution in [2.75, 3.05) is 5.75 Å². The maximum absolute atomic E-state index is 14.6. The third-order valence-corrected chi connectivity index (χ3v) is 10.4. The van der Waals surface area contributed by atoms with Crippen molar-refractivity contribution in [3.8, 4) is 11.1 Å². The molecule has 48 heavy (non-hydrogen) atoms. The zero-order valence-corrected chi connectivity index (χ0v) is 27.9. The molecule has 7 heteroatoms. The molecule has 2 unspecified atom stereocenters. The highest BCUT2D eigenvalue weighted by Crippen LogP contribution is 2.41. The zero-order chi connectivity index (χ0) is 33.5. The number of amides is 2. The Morgan fingerprint density at radius 3 is 2.08 bits per heavy atom. The van der Waals surface area contributed by atoms with Gasteiger partial charge in [-0.25, -0.2) is 13.1 Å². The number of nitrogens with zero attached hydrogens (tertiary/aromatic N) is 1. The summed E-state index contributed by atoms with van der Waals surface area (Å²) in [6, 6.07) is 43.9. The van der Waals surface area contributed by atoms with Crippen LogP contribution in [0.2, 0.25) is 0 Å². The van der Waals surface area contributed by atoms with Crippen molar-refractivity contribution in [1.29, 1.82) is 0 Å². The molecular weight excluding hydrogens is 617 g/mol. The highest BCUT2D eigenvalue weighted by molar-refractivity contribution is 7.90. The van der Waals surface area contributed by atoms with E-state index in [1.165, 1.54) is 23.6 Å². The van der Waals surface area contributed by atoms with Crippen LogP contribution in [0.3, 0.4) is 0 Å². The highest BCUT2D eigenvalue weighted by atomic mass is 32.2. The van der Waals surface area contributed by atoms with E-state index in [4.69, 9.17) is 0 Å². The standard InChI is InChI=1S/C41H40N2O4S/c1-2-48(46,47)42-41(45)37-21-12-20-35(28-37)34-19-11-17-32(26-34)27-39(44)43(29-31-15-7-4-8-16-31)40-36(25-30-13-5-3-6-14-30)24-23-33-18-9-10-22-38(33)40/h3-22,26,28,36,40H,2,23-25,27,29H2,1H3,(H,42,45). The molecule has 5 aromatic rings. The Balaban J connectivity index is 1.32. The summed E-state index contributed by atoms with van der Waals surface area (Å²) < 4.78 is 26.1. The van der Waals surface area contributed by atoms with Gasteiger partial charge in [-0.05, 0) is 83.2 Å². The first-order valence-electron chi connectivity index (χ1n) is 16.5. The summed E-state index contributed by atoms with van der Waals surface area (Å²) in [5.74, 6) is -0.547. The van der Waals surface area contributed by atoms with Gasteiger partial charge in [0.05, 0.1) is 18.2 Å². The number of carbonyl (C=O) groups is 2. The highest BCUT2D eigenvalue weighted by Gasteiger charge is 2.36. The van der Waals surface area contributed by atoms with Crippen LogP contribution in [0.5, 0.6) is 0 Å². The Morgan fingerprint density at radius 2 is 1.35 bits per heavy atom. The van der Waals surface area contributed by atoms with Gasteiger partial charge in [0.15, 0.2) is 0 Å². The molecule has 1 aliphatic rings. The van der Waals surface area contributed by atoms with Crippen LogP contribution in [0.4, 0.5) is 0 Å². The van der Waals surface area contributed by atoms with Crippen LogP contribution in [0.15, 0.2) is 133 Å². The first-order chi connectivity index (χ1) is 23.3. The van der Waals surface area contributed by atoms with E-state index in [9.17, 15) is 18.0 Å². The van der Waals surface area contributed by atoms with Gasteiger partial charge in [0.1, 0.15) is 0 Å². The first-order valence-corrected chi connectivity index (χ1v) is 18.1. The summed E-state index contributed by atoms with van der Waals surface area (Å²) >= 11 is 0. The fourth-order valence-electron chi connectivity index (χ4n) is 6.73. The van der Waals surface area contributed by atoms with Gasteiger partial charge in [-0.1, -0.05) is 121 Å². The van der Waals surface area contributed by atoms with E-state index >= 15 is 0 Å². The van der Waals surface area contributed by atoms with Crippen molar-refractivity contribution in [1.82, 2.24) is 9.62 Å². The zero-order valence-electron chi connectivity index (χ0n) is 27.1. The van der Waals surface area contributed by atoms with Gasteiger partial charge in [0.2, 0.25) is 15.9 Å². The lowest BCUT2D eigenvalue weighted by Crippen LogP contribution is -2.41. The maximum Gasteiger partial charge on any atom is 0.264 e. The number of aryl methyl sites for hydroxylation is 1. The topological polar surface area (TPSA) is 83.5 Å². The Kier molecular flexibility index (Phi) is 10.2. The van der Waals surface area contributed by atoms with Gasteiger partial charge in [0, 0.05) is 12.1 Å². The number of hydrogen-bond acceptors (Lipinski definition) is 4. The van der Waals surface area contributed by atoms with E-state index in [1.807, 2.05) is 54.6 Å². The summed E-state index contributed by atoms with van der Waals surface area (Å²) in [6.45, 7) is 1.98. The van der Waals surface area contributed by atoms with Crippen LogP contribution in [-0.4, -0.2) is 30.9 Å². The second-order valence-corrected chi connectivity index (χ2v) is 14.4. The number of fused-ring (bicyclic) bond motifs is 1. The minimum Gasteiger partial charge on any atom is -0.331 e. The molecule has 244 valence electrons. The minimum atomic E-state index is -3.69. The van der Waals surface area contributed by atoms with Crippen molar-refractivity contribution in [3.05, 3.63) is 167 Å². The van der Waals surface area contributed by atoms with Crippen LogP contribution >= 0.6 is 0 Å². The van der Waals surface area contributed by atoms with Crippen LogP contribution in [-0.2, 0) is 40.6 Å². The van der Waals surface area contributed by atoms with Gasteiger partial charge < -0.3 is 4.90 Å². The van der Waals surface area contributed by atoms with E-state index in [0.29, 0.717) is 6.54 Å². The lowest BCUT2D eigenvalue weighted by atomic mass is 9.76. The molecule has 0 heterocycles. The number of benzene rings is 5. The van der Waals surface area contributed by atoms with Crippen LogP contribution in [0, 0.1) is 5.92 Å². The lowest BCUT2D eigenvalue weighted by molar-refractivity contribution is -0.135. The van der Waals surface area contributed by atoms with Crippen molar-refractivity contribution in [2.45, 2.75) is 45.2 Å². The predicted molar refractivity (Wildman–Crippen MR) is 191 cm³/mol. The average molecular weight is 657 g/mol. The number of carbonyl (C=O) groups excluding carboxylic acids is 2. The summed E-state index contributed by atoms with van der Waals surface area (Å²) in [5, 5.41) is 0. The molecule has 6 nitrogen and oxygen atoms in total. The van der Waals surface area contributed by atoms with Crippen LogP contribution in [0.25, 0.3) is 11.1 Å². The molecule has 0 saturated heterocycles. The second kappa shape index (κ2) is 14.8. The van der Waals surface area contributed by atoms with Crippen LogP contribution in [0.1, 0.15) is 57.6 Å². The van der Waals surface area contributed by atoms with Gasteiger partial charge in [0.25, 0.3) is 5.91 Å². The molecule has 0 aromatic heterocycles. The molecule has 0 spiro atoms. The second-order valence-electron chi connectivity index (χ2n) is 12.4. The fraction of sp³-hybridized carbons (Fsp3) is 0.220. The van der Waals surface area contributed by atoms with Crippen molar-refractivity contribution >= 4 is 21.8 Å². The summed E-state index contributed by atoms with van der Waals surface area (Å²) in [5.41, 5.74) is 7.60. The Bertz CT molecular complexity index is 1990. The van der Waals surface area contributed by atoms with Crippen LogP contribution < -0.4 is 4.72 Å². The van der Waals surface area contributed by atoms with Gasteiger partial charge in [-0.15, -0.1) is 0 Å². The third-order valence-electron chi connectivity index (χ3n) is 9.17. The molecule has 2 amide bonds. The molecule has 0 aliphatic heterocycles. The van der Waals surface area contributed by atoms with E-state index < -0.39 is 15.9 Å². The monoisotopic (exact) mass is 656 g/mol. The fourth-order valence-corrected chi connectivity index (χ4v) is 7.27. The Morgan fingerprint density at radius 1 is 0.729 bits per heavy atom. The van der Waals surface area contributed by atoms with Gasteiger partial charge >= 0.3 is 0 Å². The molecule has 1 aliphatic carbocycles. The Hall–Kier alpha value is -5.01. The summed E-state index contributed by atoms with van der Waals surface area (Å²) in [6.07, 6.45) is 3.08. The molecule has 0 radical (unpaired) electrons. The van der Waals surface area contributed by atoms with E-state index in [1.54, 1.807) is 18.2 Å². The molecule has 2 atom stereocenters. The normalized spacial score (nSPS) is 15.7. The number of sulfonamides is 1. The van der Waals surface area contributed by atoms with Crippen molar-refractivity contribution in [3.63, 3.8) is 0 Å². The van der Waals surface area contributed by atoms with Crippen molar-refractivity contribution < 1.29 is 18.0 Å². The third kappa shape index (κ3) is 7.92. The van der Waals surface area contributed by atoms with E-state index in [-0.39, 0.29) is 35.6 Å². The largest absolute Gasteiger partial charge is 0.331 e. The predicted octanol–water partition coefficient (Wildman–Crippen LogP) is 7.55. The number of nitrogens with one attached hydrogen (secondary N) is 1. The molecule has 0 saturated carbocycles. The number of rotatable bonds is 11. The quantitative estimate of drug-likeness (QED) is 0.159. The van der Waals surface area contributed by atoms with E-state index in [2.05, 4.69) is 70.3 Å². The SMILES string of the molecule is CCS(=O)(=O)NC(=O)c1cccc(-c2cccc(CC(=O)N(Cc3ccccc3)C3c4ccccc4CCC3Cc3ccccc3)c2)c1. The lowest BCUT2D eigenvalue weighted by Gasteiger charge is -2.42. The smallest absolute Gasteiger partial charge is 0.264 e. The van der Waals surface area contributed by atoms with Crippen molar-refractivity contribution in [2.24, 2.45) is 5.92 Å². The molecule has 6 rings (SSSR count). The number of hydrogen-bond donors (Lipinski definition) is 1. The van der Waals surface area contributed by atoms with Gasteiger partial charge in [-0.3, -0.25) is 9.59 Å². The molecule has 5 aromatic carbocycles. The average Bonchev–Trinajstić information content (AvgIpc) is 3.11. The molecule has 0 fully saturated rings. The minimum absolute atomic E-state index is 0.0497. The van der Waals surface area contributed by atoms with Gasteiger partial charge in [-0.2, -0.15) is 0 Å².